The van der Waals surface area contributed by atoms with Crippen LogP contribution in [0.5, 0.6) is 0 Å². The lowest BCUT2D eigenvalue weighted by atomic mass is 9.43. The summed E-state index contributed by atoms with van der Waals surface area (Å²) < 4.78 is 5.20. The van der Waals surface area contributed by atoms with Gasteiger partial charge in [0.25, 0.3) is 0 Å². The van der Waals surface area contributed by atoms with E-state index in [2.05, 4.69) is 13.8 Å². The molecule has 2 unspecified atom stereocenters. The van der Waals surface area contributed by atoms with Gasteiger partial charge in [-0.05, 0) is 92.4 Å². The summed E-state index contributed by atoms with van der Waals surface area (Å²) >= 11 is 0. The Balaban J connectivity index is 1.47. The van der Waals surface area contributed by atoms with E-state index in [1.165, 1.54) is 6.42 Å². The Morgan fingerprint density at radius 2 is 1.85 bits per heavy atom. The highest BCUT2D eigenvalue weighted by Gasteiger charge is 2.67. The van der Waals surface area contributed by atoms with E-state index < -0.39 is 5.60 Å². The number of carbonyl (C=O) groups excluding carboxylic acids is 1. The van der Waals surface area contributed by atoms with Crippen LogP contribution in [0.25, 0.3) is 0 Å². The molecule has 150 valence electrons. The van der Waals surface area contributed by atoms with Gasteiger partial charge in [-0.3, -0.25) is 0 Å². The smallest absolute Gasteiger partial charge is 0.331 e. The first-order valence-corrected chi connectivity index (χ1v) is 11.1. The van der Waals surface area contributed by atoms with Crippen molar-refractivity contribution in [3.05, 3.63) is 11.6 Å². The van der Waals surface area contributed by atoms with Crippen LogP contribution in [0.2, 0.25) is 0 Å². The van der Waals surface area contributed by atoms with Crippen LogP contribution in [0.3, 0.4) is 0 Å². The maximum atomic E-state index is 12.1. The molecule has 5 aliphatic rings. The number of hydrogen-bond acceptors (Lipinski definition) is 4. The van der Waals surface area contributed by atoms with Crippen molar-refractivity contribution >= 4 is 5.97 Å². The third kappa shape index (κ3) is 2.32. The molecule has 0 amide bonds. The molecule has 1 aliphatic heterocycles. The zero-order valence-electron chi connectivity index (χ0n) is 16.7. The Morgan fingerprint density at radius 3 is 2.59 bits per heavy atom. The van der Waals surface area contributed by atoms with E-state index in [0.717, 1.165) is 56.9 Å². The van der Waals surface area contributed by atoms with Crippen LogP contribution in [0, 0.1) is 34.5 Å². The lowest BCUT2D eigenvalue weighted by Gasteiger charge is -2.63. The number of ether oxygens (including phenoxy) is 1. The van der Waals surface area contributed by atoms with Crippen LogP contribution in [0.1, 0.15) is 71.6 Å². The zero-order valence-corrected chi connectivity index (χ0v) is 16.7. The van der Waals surface area contributed by atoms with Crippen LogP contribution >= 0.6 is 0 Å². The molecule has 4 nitrogen and oxygen atoms in total. The molecule has 5 rings (SSSR count). The molecule has 0 saturated heterocycles. The first kappa shape index (κ1) is 18.2. The van der Waals surface area contributed by atoms with Crippen LogP contribution < -0.4 is 0 Å². The molecule has 2 N–H and O–H groups in total. The fraction of sp³-hybridized carbons (Fsp3) is 0.870. The summed E-state index contributed by atoms with van der Waals surface area (Å²) in [7, 11) is 0. The quantitative estimate of drug-likeness (QED) is 0.688. The standard InChI is InChI=1S/C23H34O4/c1-21-8-5-16(24)12-15(21)3-4-19-18(21)6-9-22(2)17(7-10-23(19,22)26)14-11-20(25)27-13-14/h11,15-19,24,26H,3-10,12-13H2,1-2H3/t15-,16-,17-,18?,19?,21+,22-,23+/m1/s1. The highest BCUT2D eigenvalue weighted by molar-refractivity contribution is 5.85. The summed E-state index contributed by atoms with van der Waals surface area (Å²) in [6.07, 6.45) is 10.8. The van der Waals surface area contributed by atoms with E-state index in [1.807, 2.05) is 0 Å². The molecule has 0 radical (unpaired) electrons. The third-order valence-electron chi connectivity index (χ3n) is 9.96. The van der Waals surface area contributed by atoms with Crippen LogP contribution in [0.4, 0.5) is 0 Å². The van der Waals surface area contributed by atoms with E-state index in [0.29, 0.717) is 24.4 Å². The SMILES string of the molecule is C[C@]12CC[C@@H](O)C[C@H]1CCC1C2CC[C@]2(C)[C@@H](C3=CC(=O)OC3)CC[C@]12O. The highest BCUT2D eigenvalue weighted by Crippen LogP contribution is 2.69. The van der Waals surface area contributed by atoms with Gasteiger partial charge in [-0.25, -0.2) is 4.79 Å². The van der Waals surface area contributed by atoms with Crippen molar-refractivity contribution in [2.75, 3.05) is 6.61 Å². The number of esters is 1. The van der Waals surface area contributed by atoms with Crippen molar-refractivity contribution in [3.8, 4) is 0 Å². The van der Waals surface area contributed by atoms with E-state index >= 15 is 0 Å². The lowest BCUT2D eigenvalue weighted by molar-refractivity contribution is -0.208. The maximum Gasteiger partial charge on any atom is 0.331 e. The fourth-order valence-corrected chi connectivity index (χ4v) is 8.39. The van der Waals surface area contributed by atoms with Crippen molar-refractivity contribution in [1.29, 1.82) is 0 Å². The number of aliphatic hydroxyl groups is 2. The summed E-state index contributed by atoms with van der Waals surface area (Å²) in [5.41, 5.74) is 0.600. The molecule has 4 heteroatoms. The predicted molar refractivity (Wildman–Crippen MR) is 102 cm³/mol. The van der Waals surface area contributed by atoms with E-state index in [9.17, 15) is 15.0 Å². The minimum atomic E-state index is -0.628. The Kier molecular flexibility index (Phi) is 3.92. The van der Waals surface area contributed by atoms with Gasteiger partial charge < -0.3 is 14.9 Å². The summed E-state index contributed by atoms with van der Waals surface area (Å²) in [5.74, 6) is 1.59. The van der Waals surface area contributed by atoms with E-state index in [-0.39, 0.29) is 28.8 Å². The first-order chi connectivity index (χ1) is 12.8. The lowest BCUT2D eigenvalue weighted by Crippen LogP contribution is -2.62. The molecule has 0 bridgehead atoms. The highest BCUT2D eigenvalue weighted by atomic mass is 16.5. The van der Waals surface area contributed by atoms with Gasteiger partial charge in [-0.1, -0.05) is 13.8 Å². The second-order valence-electron chi connectivity index (χ2n) is 10.7. The molecule has 4 fully saturated rings. The minimum Gasteiger partial charge on any atom is -0.458 e. The van der Waals surface area contributed by atoms with Gasteiger partial charge in [0.15, 0.2) is 0 Å². The van der Waals surface area contributed by atoms with Crippen LogP contribution in [-0.4, -0.2) is 34.5 Å². The zero-order chi connectivity index (χ0) is 19.0. The average Bonchev–Trinajstić information content (AvgIpc) is 3.16. The molecule has 8 atom stereocenters. The largest absolute Gasteiger partial charge is 0.458 e. The number of cyclic esters (lactones) is 1. The third-order valence-corrected chi connectivity index (χ3v) is 9.96. The van der Waals surface area contributed by atoms with Gasteiger partial charge in [0, 0.05) is 11.5 Å². The molecular weight excluding hydrogens is 340 g/mol. The number of fused-ring (bicyclic) bond motifs is 5. The fourth-order valence-electron chi connectivity index (χ4n) is 8.39. The number of aliphatic hydroxyl groups excluding tert-OH is 1. The molecule has 1 heterocycles. The van der Waals surface area contributed by atoms with Gasteiger partial charge >= 0.3 is 5.97 Å². The minimum absolute atomic E-state index is 0.126. The van der Waals surface area contributed by atoms with Crippen molar-refractivity contribution < 1.29 is 19.7 Å². The van der Waals surface area contributed by atoms with Gasteiger partial charge in [-0.2, -0.15) is 0 Å². The van der Waals surface area contributed by atoms with E-state index in [4.69, 9.17) is 4.74 Å². The summed E-state index contributed by atoms with van der Waals surface area (Å²) in [6, 6.07) is 0. The molecule has 0 aromatic rings. The van der Waals surface area contributed by atoms with Crippen LogP contribution in [0.15, 0.2) is 11.6 Å². The van der Waals surface area contributed by atoms with Crippen molar-refractivity contribution in [1.82, 2.24) is 0 Å². The number of rotatable bonds is 1. The predicted octanol–water partition coefficient (Wildman–Crippen LogP) is 3.60. The second kappa shape index (κ2) is 5.82. The Bertz CT molecular complexity index is 686. The Labute approximate surface area is 162 Å². The average molecular weight is 375 g/mol. The first-order valence-electron chi connectivity index (χ1n) is 11.1. The molecular formula is C23H34O4. The molecule has 0 aromatic carbocycles. The molecule has 0 spiro atoms. The van der Waals surface area contributed by atoms with E-state index in [1.54, 1.807) is 6.08 Å². The van der Waals surface area contributed by atoms with Crippen LogP contribution in [-0.2, 0) is 9.53 Å². The van der Waals surface area contributed by atoms with Crippen molar-refractivity contribution in [3.63, 3.8) is 0 Å². The topological polar surface area (TPSA) is 66.8 Å². The number of hydrogen-bond donors (Lipinski definition) is 2. The Morgan fingerprint density at radius 1 is 1.04 bits per heavy atom. The monoisotopic (exact) mass is 374 g/mol. The summed E-state index contributed by atoms with van der Waals surface area (Å²) in [4.78, 5) is 11.6. The Hall–Kier alpha value is -0.870. The van der Waals surface area contributed by atoms with Gasteiger partial charge in [0.2, 0.25) is 0 Å². The number of carbonyl (C=O) groups is 1. The van der Waals surface area contributed by atoms with Gasteiger partial charge in [0.1, 0.15) is 6.61 Å². The molecule has 27 heavy (non-hydrogen) atoms. The summed E-state index contributed by atoms with van der Waals surface area (Å²) in [5, 5.41) is 22.3. The second-order valence-corrected chi connectivity index (χ2v) is 10.7. The van der Waals surface area contributed by atoms with Crippen molar-refractivity contribution in [2.45, 2.75) is 83.3 Å². The maximum absolute atomic E-state index is 12.1. The molecule has 4 saturated carbocycles. The van der Waals surface area contributed by atoms with Gasteiger partial charge in [0.05, 0.1) is 11.7 Å². The molecule has 4 aliphatic carbocycles. The van der Waals surface area contributed by atoms with Crippen molar-refractivity contribution in [2.24, 2.45) is 34.5 Å². The normalized spacial score (nSPS) is 54.6. The molecule has 0 aromatic heterocycles. The summed E-state index contributed by atoms with van der Waals surface area (Å²) in [6.45, 7) is 5.15. The van der Waals surface area contributed by atoms with Gasteiger partial charge in [-0.15, -0.1) is 0 Å².